The average Bonchev–Trinajstić information content (AvgIpc) is 2.98. The third-order valence-corrected chi connectivity index (χ3v) is 7.98. The molecule has 0 bridgehead atoms. The van der Waals surface area contributed by atoms with Gasteiger partial charge in [-0.3, -0.25) is 9.59 Å². The first-order valence-corrected chi connectivity index (χ1v) is 12.4. The second kappa shape index (κ2) is 8.89. The molecule has 2 aliphatic heterocycles. The summed E-state index contributed by atoms with van der Waals surface area (Å²) in [6.45, 7) is 5.03. The standard InChI is InChI=1S/C28H27Cl2N3O2/c1-28(2)26-24(27(35)32(28)3)25(20-10-11-21(29)22(30)16-20)33(13-12-31-26)23(34)15-17-8-9-18-6-4-5-7-19(18)14-17/h4-11,14,16,25,31H,12-13,15H2,1-3H3. The number of amides is 2. The number of rotatable bonds is 3. The Hall–Kier alpha value is -3.02. The third-order valence-electron chi connectivity index (χ3n) is 7.24. The van der Waals surface area contributed by atoms with E-state index in [0.717, 1.165) is 27.6 Å². The lowest BCUT2D eigenvalue weighted by molar-refractivity contribution is -0.133. The Labute approximate surface area is 215 Å². The van der Waals surface area contributed by atoms with E-state index in [1.54, 1.807) is 29.0 Å². The smallest absolute Gasteiger partial charge is 0.254 e. The Morgan fingerprint density at radius 2 is 1.77 bits per heavy atom. The van der Waals surface area contributed by atoms with Crippen LogP contribution in [0, 0.1) is 0 Å². The molecule has 5 nitrogen and oxygen atoms in total. The quantitative estimate of drug-likeness (QED) is 0.518. The molecule has 3 aromatic rings. The van der Waals surface area contributed by atoms with Crippen LogP contribution in [0.15, 0.2) is 71.9 Å². The molecule has 1 N–H and O–H groups in total. The highest BCUT2D eigenvalue weighted by Gasteiger charge is 2.49. The normalized spacial score (nSPS) is 19.6. The van der Waals surface area contributed by atoms with Gasteiger partial charge >= 0.3 is 0 Å². The molecule has 0 saturated heterocycles. The number of fused-ring (bicyclic) bond motifs is 1. The van der Waals surface area contributed by atoms with E-state index in [4.69, 9.17) is 23.2 Å². The van der Waals surface area contributed by atoms with E-state index in [-0.39, 0.29) is 18.2 Å². The van der Waals surface area contributed by atoms with Crippen LogP contribution >= 0.6 is 23.2 Å². The van der Waals surface area contributed by atoms with E-state index in [1.807, 2.05) is 50.2 Å². The monoisotopic (exact) mass is 507 g/mol. The second-order valence-corrected chi connectivity index (χ2v) is 10.5. The molecule has 2 aliphatic rings. The number of nitrogens with zero attached hydrogens (tertiary/aromatic N) is 2. The number of halogens is 2. The molecule has 2 heterocycles. The van der Waals surface area contributed by atoms with Crippen molar-refractivity contribution in [1.82, 2.24) is 15.1 Å². The van der Waals surface area contributed by atoms with Crippen molar-refractivity contribution in [3.8, 4) is 0 Å². The lowest BCUT2D eigenvalue weighted by Crippen LogP contribution is -2.46. The van der Waals surface area contributed by atoms with E-state index < -0.39 is 11.6 Å². The number of hydrogen-bond donors (Lipinski definition) is 1. The maximum Gasteiger partial charge on any atom is 0.254 e. The van der Waals surface area contributed by atoms with Crippen LogP contribution in [0.4, 0.5) is 0 Å². The number of benzene rings is 3. The van der Waals surface area contributed by atoms with Crippen molar-refractivity contribution >= 4 is 45.8 Å². The van der Waals surface area contributed by atoms with Crippen LogP contribution in [-0.2, 0) is 16.0 Å². The summed E-state index contributed by atoms with van der Waals surface area (Å²) in [5.41, 5.74) is 2.62. The van der Waals surface area contributed by atoms with E-state index in [9.17, 15) is 9.59 Å². The van der Waals surface area contributed by atoms with E-state index >= 15 is 0 Å². The first-order chi connectivity index (χ1) is 16.7. The van der Waals surface area contributed by atoms with Crippen molar-refractivity contribution in [1.29, 1.82) is 0 Å². The highest BCUT2D eigenvalue weighted by atomic mass is 35.5. The minimum atomic E-state index is -0.570. The SMILES string of the molecule is CN1C(=O)C2=C(NCCN(C(=O)Cc3ccc4ccccc4c3)C2c2ccc(Cl)c(Cl)c2)C1(C)C. The summed E-state index contributed by atoms with van der Waals surface area (Å²) in [5.74, 6) is -0.147. The zero-order valence-electron chi connectivity index (χ0n) is 19.9. The fraction of sp³-hybridized carbons (Fsp3) is 0.286. The van der Waals surface area contributed by atoms with Crippen LogP contribution in [0.25, 0.3) is 10.8 Å². The van der Waals surface area contributed by atoms with Gasteiger partial charge in [-0.25, -0.2) is 0 Å². The number of nitrogens with one attached hydrogen (secondary N) is 1. The summed E-state index contributed by atoms with van der Waals surface area (Å²) in [5, 5.41) is 6.51. The molecule has 0 spiro atoms. The van der Waals surface area contributed by atoms with E-state index in [2.05, 4.69) is 17.4 Å². The van der Waals surface area contributed by atoms with Crippen LogP contribution in [0.2, 0.25) is 10.0 Å². The Morgan fingerprint density at radius 1 is 1.03 bits per heavy atom. The van der Waals surface area contributed by atoms with Crippen LogP contribution < -0.4 is 5.32 Å². The van der Waals surface area contributed by atoms with E-state index in [1.165, 1.54) is 0 Å². The summed E-state index contributed by atoms with van der Waals surface area (Å²) in [6.07, 6.45) is 0.235. The molecule has 0 aromatic heterocycles. The van der Waals surface area contributed by atoms with Gasteiger partial charge in [0.25, 0.3) is 5.91 Å². The van der Waals surface area contributed by atoms with Crippen molar-refractivity contribution in [2.75, 3.05) is 20.1 Å². The molecule has 0 saturated carbocycles. The van der Waals surface area contributed by atoms with Gasteiger partial charge in [-0.05, 0) is 47.9 Å². The highest BCUT2D eigenvalue weighted by molar-refractivity contribution is 6.42. The van der Waals surface area contributed by atoms with Crippen LogP contribution in [0.5, 0.6) is 0 Å². The molecular weight excluding hydrogens is 481 g/mol. The minimum absolute atomic E-state index is 0.0490. The van der Waals surface area contributed by atoms with Crippen molar-refractivity contribution in [2.45, 2.75) is 31.8 Å². The minimum Gasteiger partial charge on any atom is -0.384 e. The topological polar surface area (TPSA) is 52.7 Å². The van der Waals surface area contributed by atoms with Gasteiger partial charge in [0.2, 0.25) is 5.91 Å². The fourth-order valence-corrected chi connectivity index (χ4v) is 5.42. The Bertz CT molecular complexity index is 1380. The van der Waals surface area contributed by atoms with Gasteiger partial charge < -0.3 is 15.1 Å². The van der Waals surface area contributed by atoms with Gasteiger partial charge in [-0.1, -0.05) is 71.7 Å². The van der Waals surface area contributed by atoms with Gasteiger partial charge in [-0.15, -0.1) is 0 Å². The summed E-state index contributed by atoms with van der Waals surface area (Å²) >= 11 is 12.6. The molecule has 180 valence electrons. The molecule has 0 aliphatic carbocycles. The number of hydrogen-bond acceptors (Lipinski definition) is 3. The summed E-state index contributed by atoms with van der Waals surface area (Å²) in [4.78, 5) is 30.9. The van der Waals surface area contributed by atoms with Crippen LogP contribution in [-0.4, -0.2) is 47.3 Å². The molecule has 2 amide bonds. The number of carbonyl (C=O) groups excluding carboxylic acids is 2. The molecule has 1 unspecified atom stereocenters. The zero-order chi connectivity index (χ0) is 24.9. The van der Waals surface area contributed by atoms with Gasteiger partial charge in [0.15, 0.2) is 0 Å². The van der Waals surface area contributed by atoms with Crippen molar-refractivity contribution in [3.05, 3.63) is 93.1 Å². The number of carbonyl (C=O) groups is 2. The van der Waals surface area contributed by atoms with Crippen molar-refractivity contribution in [3.63, 3.8) is 0 Å². The Kier molecular flexibility index (Phi) is 6.02. The highest BCUT2D eigenvalue weighted by Crippen LogP contribution is 2.43. The molecule has 3 aromatic carbocycles. The lowest BCUT2D eigenvalue weighted by Gasteiger charge is -2.33. The Balaban J connectivity index is 1.58. The van der Waals surface area contributed by atoms with Crippen LogP contribution in [0.1, 0.15) is 31.0 Å². The Morgan fingerprint density at radius 3 is 2.51 bits per heavy atom. The van der Waals surface area contributed by atoms with Gasteiger partial charge in [0.05, 0.1) is 33.6 Å². The second-order valence-electron chi connectivity index (χ2n) is 9.66. The van der Waals surface area contributed by atoms with Gasteiger partial charge in [0, 0.05) is 25.8 Å². The molecule has 0 radical (unpaired) electrons. The first-order valence-electron chi connectivity index (χ1n) is 11.7. The predicted molar refractivity (Wildman–Crippen MR) is 140 cm³/mol. The summed E-state index contributed by atoms with van der Waals surface area (Å²) in [7, 11) is 1.80. The van der Waals surface area contributed by atoms with Crippen LogP contribution in [0.3, 0.4) is 0 Å². The lowest BCUT2D eigenvalue weighted by atomic mass is 9.92. The first kappa shape index (κ1) is 23.7. The van der Waals surface area contributed by atoms with Crippen molar-refractivity contribution < 1.29 is 9.59 Å². The molecule has 0 fully saturated rings. The summed E-state index contributed by atoms with van der Waals surface area (Å²) in [6, 6.07) is 18.9. The summed E-state index contributed by atoms with van der Waals surface area (Å²) < 4.78 is 0. The largest absolute Gasteiger partial charge is 0.384 e. The van der Waals surface area contributed by atoms with Crippen molar-refractivity contribution in [2.24, 2.45) is 0 Å². The maximum absolute atomic E-state index is 13.8. The molecule has 35 heavy (non-hydrogen) atoms. The number of likely N-dealkylation sites (N-methyl/N-ethyl adjacent to an activating group) is 1. The predicted octanol–water partition coefficient (Wildman–Crippen LogP) is 5.37. The van der Waals surface area contributed by atoms with Gasteiger partial charge in [0.1, 0.15) is 0 Å². The van der Waals surface area contributed by atoms with Gasteiger partial charge in [-0.2, -0.15) is 0 Å². The fourth-order valence-electron chi connectivity index (χ4n) is 5.11. The maximum atomic E-state index is 13.8. The zero-order valence-corrected chi connectivity index (χ0v) is 21.5. The molecule has 7 heteroatoms. The average molecular weight is 508 g/mol. The molecule has 5 rings (SSSR count). The molecular formula is C28H27Cl2N3O2. The molecule has 1 atom stereocenters. The van der Waals surface area contributed by atoms with E-state index in [0.29, 0.717) is 28.7 Å². The third kappa shape index (κ3) is 4.07.